The van der Waals surface area contributed by atoms with Crippen LogP contribution in [0.2, 0.25) is 0 Å². The van der Waals surface area contributed by atoms with Crippen LogP contribution in [0.1, 0.15) is 28.8 Å². The van der Waals surface area contributed by atoms with Gasteiger partial charge in [0.1, 0.15) is 6.26 Å². The molecule has 1 aliphatic heterocycles. The van der Waals surface area contributed by atoms with Crippen LogP contribution in [-0.4, -0.2) is 36.2 Å². The Morgan fingerprint density at radius 1 is 1.19 bits per heavy atom. The molecule has 0 saturated carbocycles. The standard InChI is InChI=1S/C19H21N3O4/c23-18(21-25)6-5-14-3-1-2-4-17(14)22-10-7-16(8-11-22)20-19(24)15-9-12-26-13-15/h1-6,9,12-13,16,25H,7-8,10-11H2,(H,20,24)(H,21,23). The largest absolute Gasteiger partial charge is 0.472 e. The molecule has 1 aromatic carbocycles. The molecule has 1 saturated heterocycles. The first-order valence-electron chi connectivity index (χ1n) is 8.46. The molecule has 0 bridgehead atoms. The van der Waals surface area contributed by atoms with E-state index in [9.17, 15) is 9.59 Å². The highest BCUT2D eigenvalue weighted by Crippen LogP contribution is 2.25. The van der Waals surface area contributed by atoms with Crippen LogP contribution in [0.3, 0.4) is 0 Å². The fourth-order valence-electron chi connectivity index (χ4n) is 3.05. The molecule has 136 valence electrons. The van der Waals surface area contributed by atoms with Crippen molar-refractivity contribution in [1.82, 2.24) is 10.8 Å². The van der Waals surface area contributed by atoms with Gasteiger partial charge in [-0.15, -0.1) is 0 Å². The Kier molecular flexibility index (Phi) is 5.70. The summed E-state index contributed by atoms with van der Waals surface area (Å²) in [6.45, 7) is 1.60. The molecule has 2 heterocycles. The third-order valence-corrected chi connectivity index (χ3v) is 4.42. The van der Waals surface area contributed by atoms with Crippen molar-refractivity contribution < 1.29 is 19.2 Å². The Labute approximate surface area is 151 Å². The number of piperidine rings is 1. The quantitative estimate of drug-likeness (QED) is 0.434. The monoisotopic (exact) mass is 355 g/mol. The molecule has 0 unspecified atom stereocenters. The summed E-state index contributed by atoms with van der Waals surface area (Å²) in [6, 6.07) is 9.54. The predicted molar refractivity (Wildman–Crippen MR) is 96.8 cm³/mol. The number of hydroxylamine groups is 1. The first kappa shape index (κ1) is 17.8. The topological polar surface area (TPSA) is 94.8 Å². The molecule has 7 heteroatoms. The van der Waals surface area contributed by atoms with Crippen molar-refractivity contribution in [3.63, 3.8) is 0 Å². The molecule has 7 nitrogen and oxygen atoms in total. The van der Waals surface area contributed by atoms with Gasteiger partial charge < -0.3 is 14.6 Å². The van der Waals surface area contributed by atoms with Gasteiger partial charge in [0.2, 0.25) is 0 Å². The van der Waals surface area contributed by atoms with Crippen LogP contribution < -0.4 is 15.7 Å². The number of nitrogens with zero attached hydrogens (tertiary/aromatic N) is 1. The van der Waals surface area contributed by atoms with E-state index >= 15 is 0 Å². The van der Waals surface area contributed by atoms with E-state index in [1.165, 1.54) is 18.6 Å². The van der Waals surface area contributed by atoms with Crippen molar-refractivity contribution in [3.8, 4) is 0 Å². The molecule has 3 rings (SSSR count). The van der Waals surface area contributed by atoms with Crippen LogP contribution in [0.5, 0.6) is 0 Å². The molecule has 1 aromatic heterocycles. The second-order valence-electron chi connectivity index (χ2n) is 6.12. The van der Waals surface area contributed by atoms with Gasteiger partial charge in [0.25, 0.3) is 11.8 Å². The van der Waals surface area contributed by atoms with E-state index in [0.717, 1.165) is 37.2 Å². The SMILES string of the molecule is O=C(C=Cc1ccccc1N1CCC(NC(=O)c2ccoc2)CC1)NO. The van der Waals surface area contributed by atoms with Crippen molar-refractivity contribution in [2.24, 2.45) is 0 Å². The van der Waals surface area contributed by atoms with Crippen molar-refractivity contribution in [2.45, 2.75) is 18.9 Å². The van der Waals surface area contributed by atoms with Gasteiger partial charge in [-0.25, -0.2) is 5.48 Å². The van der Waals surface area contributed by atoms with E-state index in [2.05, 4.69) is 10.2 Å². The lowest BCUT2D eigenvalue weighted by atomic mass is 10.0. The van der Waals surface area contributed by atoms with E-state index in [1.807, 2.05) is 24.3 Å². The van der Waals surface area contributed by atoms with Crippen LogP contribution in [0.15, 0.2) is 53.4 Å². The number of furan rings is 1. The Morgan fingerprint density at radius 2 is 1.96 bits per heavy atom. The predicted octanol–water partition coefficient (Wildman–Crippen LogP) is 2.20. The lowest BCUT2D eigenvalue weighted by Crippen LogP contribution is -2.44. The van der Waals surface area contributed by atoms with E-state index in [4.69, 9.17) is 9.62 Å². The molecule has 2 aromatic rings. The second-order valence-corrected chi connectivity index (χ2v) is 6.12. The summed E-state index contributed by atoms with van der Waals surface area (Å²) in [5.41, 5.74) is 4.04. The summed E-state index contributed by atoms with van der Waals surface area (Å²) in [5.74, 6) is -0.684. The maximum atomic E-state index is 12.1. The molecule has 0 radical (unpaired) electrons. The van der Waals surface area contributed by atoms with Gasteiger partial charge in [-0.05, 0) is 36.6 Å². The first-order chi connectivity index (χ1) is 12.7. The highest BCUT2D eigenvalue weighted by molar-refractivity contribution is 5.94. The zero-order valence-corrected chi connectivity index (χ0v) is 14.2. The maximum Gasteiger partial charge on any atom is 0.267 e. The number of carbonyl (C=O) groups is 2. The minimum Gasteiger partial charge on any atom is -0.472 e. The number of para-hydroxylation sites is 1. The number of hydrogen-bond acceptors (Lipinski definition) is 5. The number of anilines is 1. The van der Waals surface area contributed by atoms with Crippen molar-refractivity contribution in [3.05, 3.63) is 60.1 Å². The Bertz CT molecular complexity index is 778. The summed E-state index contributed by atoms with van der Waals surface area (Å²) >= 11 is 0. The normalized spacial score (nSPS) is 15.2. The third kappa shape index (κ3) is 4.31. The molecule has 3 N–H and O–H groups in total. The van der Waals surface area contributed by atoms with Gasteiger partial charge in [0.05, 0.1) is 11.8 Å². The molecule has 2 amide bonds. The van der Waals surface area contributed by atoms with Crippen LogP contribution in [-0.2, 0) is 4.79 Å². The van der Waals surface area contributed by atoms with Crippen LogP contribution >= 0.6 is 0 Å². The van der Waals surface area contributed by atoms with Crippen LogP contribution in [0, 0.1) is 0 Å². The van der Waals surface area contributed by atoms with Gasteiger partial charge >= 0.3 is 0 Å². The average Bonchev–Trinajstić information content (AvgIpc) is 3.22. The number of rotatable bonds is 5. The second kappa shape index (κ2) is 8.35. The highest BCUT2D eigenvalue weighted by Gasteiger charge is 2.22. The fourth-order valence-corrected chi connectivity index (χ4v) is 3.05. The van der Waals surface area contributed by atoms with E-state index in [0.29, 0.717) is 5.56 Å². The molecular formula is C19H21N3O4. The Hall–Kier alpha value is -3.06. The number of hydrogen-bond donors (Lipinski definition) is 3. The van der Waals surface area contributed by atoms with Gasteiger partial charge in [-0.1, -0.05) is 18.2 Å². The number of carbonyl (C=O) groups excluding carboxylic acids is 2. The number of benzene rings is 1. The Morgan fingerprint density at radius 3 is 2.65 bits per heavy atom. The molecule has 1 fully saturated rings. The molecule has 0 aliphatic carbocycles. The number of amides is 2. The van der Waals surface area contributed by atoms with Crippen LogP contribution in [0.4, 0.5) is 5.69 Å². The fraction of sp³-hybridized carbons (Fsp3) is 0.263. The van der Waals surface area contributed by atoms with E-state index < -0.39 is 5.91 Å². The number of nitrogens with one attached hydrogen (secondary N) is 2. The summed E-state index contributed by atoms with van der Waals surface area (Å²) in [7, 11) is 0. The maximum absolute atomic E-state index is 12.1. The molecule has 0 atom stereocenters. The van der Waals surface area contributed by atoms with Gasteiger partial charge in [-0.3, -0.25) is 14.8 Å². The highest BCUT2D eigenvalue weighted by atomic mass is 16.5. The first-order valence-corrected chi connectivity index (χ1v) is 8.46. The van der Waals surface area contributed by atoms with Gasteiger partial charge in [-0.2, -0.15) is 0 Å². The molecule has 0 spiro atoms. The minimum atomic E-state index is -0.569. The van der Waals surface area contributed by atoms with Crippen LogP contribution in [0.25, 0.3) is 6.08 Å². The van der Waals surface area contributed by atoms with E-state index in [-0.39, 0.29) is 11.9 Å². The van der Waals surface area contributed by atoms with Gasteiger partial charge in [0.15, 0.2) is 0 Å². The molecule has 26 heavy (non-hydrogen) atoms. The summed E-state index contributed by atoms with van der Waals surface area (Å²) in [6.07, 6.45) is 7.55. The molecule has 1 aliphatic rings. The van der Waals surface area contributed by atoms with Gasteiger partial charge in [0, 0.05) is 30.9 Å². The average molecular weight is 355 g/mol. The lowest BCUT2D eigenvalue weighted by Gasteiger charge is -2.34. The lowest BCUT2D eigenvalue weighted by molar-refractivity contribution is -0.124. The Balaban J connectivity index is 1.60. The van der Waals surface area contributed by atoms with Crippen molar-refractivity contribution in [2.75, 3.05) is 18.0 Å². The van der Waals surface area contributed by atoms with Crippen molar-refractivity contribution >= 4 is 23.6 Å². The summed E-state index contributed by atoms with van der Waals surface area (Å²) < 4.78 is 4.94. The molecular weight excluding hydrogens is 334 g/mol. The summed E-state index contributed by atoms with van der Waals surface area (Å²) in [4.78, 5) is 25.5. The summed E-state index contributed by atoms with van der Waals surface area (Å²) in [5, 5.41) is 11.6. The van der Waals surface area contributed by atoms with Crippen molar-refractivity contribution in [1.29, 1.82) is 0 Å². The third-order valence-electron chi connectivity index (χ3n) is 4.42. The zero-order valence-electron chi connectivity index (χ0n) is 14.2. The smallest absolute Gasteiger partial charge is 0.267 e. The zero-order chi connectivity index (χ0) is 18.4. The van der Waals surface area contributed by atoms with E-state index in [1.54, 1.807) is 17.6 Å². The minimum absolute atomic E-state index is 0.115.